The largest absolute Gasteiger partial charge is 0.476 e. The van der Waals surface area contributed by atoms with Crippen LogP contribution < -0.4 is 0 Å². The van der Waals surface area contributed by atoms with Gasteiger partial charge in [0.25, 0.3) is 0 Å². The monoisotopic (exact) mass is 288 g/mol. The lowest BCUT2D eigenvalue weighted by molar-refractivity contribution is 0.0691. The molecule has 1 N–H and O–H groups in total. The molecule has 0 saturated carbocycles. The zero-order valence-corrected chi connectivity index (χ0v) is 11.8. The Hall–Kier alpha value is -0.650. The number of carbonyl (C=O) groups is 1. The summed E-state index contributed by atoms with van der Waals surface area (Å²) in [6.07, 6.45) is 4.85. The molecule has 2 aliphatic rings. The van der Waals surface area contributed by atoms with Crippen LogP contribution in [0.4, 0.5) is 0 Å². The number of nitrogens with zero attached hydrogens (tertiary/aromatic N) is 2. The van der Waals surface area contributed by atoms with Crippen LogP contribution in [0, 0.1) is 0 Å². The van der Waals surface area contributed by atoms with E-state index in [1.807, 2.05) is 0 Å². The third-order valence-electron chi connectivity index (χ3n) is 4.19. The fourth-order valence-electron chi connectivity index (χ4n) is 3.19. The van der Waals surface area contributed by atoms with Crippen molar-refractivity contribution in [3.8, 4) is 0 Å². The molecule has 2 fully saturated rings. The molecule has 2 bridgehead atoms. The molecule has 3 rings (SSSR count). The molecule has 2 saturated heterocycles. The Labute approximate surface area is 116 Å². The second-order valence-corrected chi connectivity index (χ2v) is 5.98. The van der Waals surface area contributed by atoms with E-state index >= 15 is 0 Å². The fraction of sp³-hybridized carbons (Fsp3) is 0.667. The Balaban J connectivity index is 0.00000120. The first-order valence-corrected chi connectivity index (χ1v) is 6.93. The molecule has 100 valence electrons. The molecule has 1 aromatic rings. The lowest BCUT2D eigenvalue weighted by atomic mass is 9.92. The predicted molar refractivity (Wildman–Crippen MR) is 72.9 cm³/mol. The first-order valence-electron chi connectivity index (χ1n) is 6.06. The van der Waals surface area contributed by atoms with Crippen LogP contribution in [0.15, 0.2) is 5.38 Å². The molecule has 18 heavy (non-hydrogen) atoms. The number of halogens is 1. The highest BCUT2D eigenvalue weighted by atomic mass is 35.5. The number of hydrogen-bond donors (Lipinski definition) is 1. The predicted octanol–water partition coefficient (Wildman–Crippen LogP) is 2.60. The third kappa shape index (κ3) is 2.27. The molecule has 0 spiro atoms. The molecule has 0 aromatic carbocycles. The molecule has 0 amide bonds. The average Bonchev–Trinajstić information content (AvgIpc) is 2.83. The Bertz CT molecular complexity index is 437. The number of rotatable bonds is 2. The summed E-state index contributed by atoms with van der Waals surface area (Å²) >= 11 is 1.51. The maximum absolute atomic E-state index is 10.8. The van der Waals surface area contributed by atoms with E-state index in [1.54, 1.807) is 5.38 Å². The molecular weight excluding hydrogens is 272 g/mol. The van der Waals surface area contributed by atoms with Gasteiger partial charge in [0.2, 0.25) is 0 Å². The van der Waals surface area contributed by atoms with Crippen molar-refractivity contribution < 1.29 is 9.90 Å². The lowest BCUT2D eigenvalue weighted by Gasteiger charge is -2.35. The van der Waals surface area contributed by atoms with E-state index < -0.39 is 5.97 Å². The quantitative estimate of drug-likeness (QED) is 0.909. The van der Waals surface area contributed by atoms with Crippen LogP contribution in [0.25, 0.3) is 0 Å². The summed E-state index contributed by atoms with van der Waals surface area (Å²) in [5.41, 5.74) is 0.205. The van der Waals surface area contributed by atoms with Crippen molar-refractivity contribution in [2.24, 2.45) is 0 Å². The van der Waals surface area contributed by atoms with Crippen LogP contribution in [0.5, 0.6) is 0 Å². The van der Waals surface area contributed by atoms with Gasteiger partial charge in [-0.25, -0.2) is 9.78 Å². The highest BCUT2D eigenvalue weighted by Gasteiger charge is 2.39. The van der Waals surface area contributed by atoms with Crippen LogP contribution in [0.2, 0.25) is 0 Å². The van der Waals surface area contributed by atoms with Gasteiger partial charge in [-0.1, -0.05) is 0 Å². The van der Waals surface area contributed by atoms with Gasteiger partial charge in [-0.3, -0.25) is 0 Å². The van der Waals surface area contributed by atoms with Gasteiger partial charge in [0.15, 0.2) is 5.69 Å². The first-order chi connectivity index (χ1) is 8.15. The molecule has 2 unspecified atom stereocenters. The lowest BCUT2D eigenvalue weighted by Crippen LogP contribution is -2.39. The maximum Gasteiger partial charge on any atom is 0.355 e. The number of thiazole rings is 1. The molecule has 0 aliphatic carbocycles. The van der Waals surface area contributed by atoms with Gasteiger partial charge in [-0.2, -0.15) is 0 Å². The van der Waals surface area contributed by atoms with Crippen molar-refractivity contribution in [3.05, 3.63) is 16.1 Å². The Morgan fingerprint density at radius 1 is 1.44 bits per heavy atom. The van der Waals surface area contributed by atoms with Crippen molar-refractivity contribution in [2.45, 2.75) is 43.7 Å². The first kappa shape index (κ1) is 13.8. The summed E-state index contributed by atoms with van der Waals surface area (Å²) in [6, 6.07) is 1.35. The second-order valence-electron chi connectivity index (χ2n) is 5.09. The summed E-state index contributed by atoms with van der Waals surface area (Å²) in [6.45, 7) is 0. The zero-order valence-electron chi connectivity index (χ0n) is 10.2. The van der Waals surface area contributed by atoms with Gasteiger partial charge < -0.3 is 10.0 Å². The van der Waals surface area contributed by atoms with Crippen LogP contribution >= 0.6 is 23.7 Å². The second kappa shape index (κ2) is 5.15. The van der Waals surface area contributed by atoms with Crippen LogP contribution in [0.3, 0.4) is 0 Å². The van der Waals surface area contributed by atoms with E-state index in [1.165, 1.54) is 24.2 Å². The number of hydrogen-bond acceptors (Lipinski definition) is 4. The summed E-state index contributed by atoms with van der Waals surface area (Å²) in [4.78, 5) is 17.6. The molecule has 1 aromatic heterocycles. The van der Waals surface area contributed by atoms with Gasteiger partial charge in [0.05, 0.1) is 5.01 Å². The maximum atomic E-state index is 10.8. The number of fused-ring (bicyclic) bond motifs is 2. The minimum atomic E-state index is -0.914. The van der Waals surface area contributed by atoms with Crippen LogP contribution in [0.1, 0.15) is 47.1 Å². The average molecular weight is 289 g/mol. The van der Waals surface area contributed by atoms with E-state index in [0.29, 0.717) is 18.0 Å². The molecule has 2 atom stereocenters. The van der Waals surface area contributed by atoms with Gasteiger partial charge in [-0.15, -0.1) is 23.7 Å². The van der Waals surface area contributed by atoms with E-state index in [2.05, 4.69) is 16.9 Å². The Kier molecular flexibility index (Phi) is 3.94. The summed E-state index contributed by atoms with van der Waals surface area (Å²) in [5, 5.41) is 11.6. The van der Waals surface area contributed by atoms with E-state index in [0.717, 1.165) is 17.8 Å². The Morgan fingerprint density at radius 2 is 2.06 bits per heavy atom. The topological polar surface area (TPSA) is 53.4 Å². The summed E-state index contributed by atoms with van der Waals surface area (Å²) < 4.78 is 0. The minimum Gasteiger partial charge on any atom is -0.476 e. The molecular formula is C12H17ClN2O2S. The smallest absolute Gasteiger partial charge is 0.355 e. The molecule has 3 heterocycles. The standard InChI is InChI=1S/C12H16N2O2S.ClH/c1-14-8-2-3-9(14)5-7(4-8)11-13-10(6-17-11)12(15)16;/h6-9H,2-5H2,1H3,(H,15,16);1H. The number of carboxylic acid groups (broad SMARTS) is 1. The highest BCUT2D eigenvalue weighted by molar-refractivity contribution is 7.09. The van der Waals surface area contributed by atoms with Gasteiger partial charge in [-0.05, 0) is 32.7 Å². The van der Waals surface area contributed by atoms with Crippen molar-refractivity contribution in [1.29, 1.82) is 0 Å². The zero-order chi connectivity index (χ0) is 12.0. The highest BCUT2D eigenvalue weighted by Crippen LogP contribution is 2.42. The number of aromatic carboxylic acids is 1. The third-order valence-corrected chi connectivity index (χ3v) is 5.20. The van der Waals surface area contributed by atoms with E-state index in [4.69, 9.17) is 5.11 Å². The minimum absolute atomic E-state index is 0. The van der Waals surface area contributed by atoms with Crippen LogP contribution in [-0.4, -0.2) is 40.1 Å². The van der Waals surface area contributed by atoms with E-state index in [-0.39, 0.29) is 18.1 Å². The summed E-state index contributed by atoms with van der Waals surface area (Å²) in [7, 11) is 2.21. The molecule has 2 aliphatic heterocycles. The SMILES string of the molecule is CN1C2CCC1CC(c1nc(C(=O)O)cs1)C2.Cl. The van der Waals surface area contributed by atoms with Gasteiger partial charge >= 0.3 is 5.97 Å². The fourth-order valence-corrected chi connectivity index (χ4v) is 4.11. The van der Waals surface area contributed by atoms with Crippen molar-refractivity contribution in [2.75, 3.05) is 7.05 Å². The van der Waals surface area contributed by atoms with E-state index in [9.17, 15) is 4.79 Å². The van der Waals surface area contributed by atoms with Crippen LogP contribution in [-0.2, 0) is 0 Å². The summed E-state index contributed by atoms with van der Waals surface area (Å²) in [5.74, 6) is -0.440. The Morgan fingerprint density at radius 3 is 2.56 bits per heavy atom. The number of piperidine rings is 1. The number of aromatic nitrogens is 1. The van der Waals surface area contributed by atoms with Crippen molar-refractivity contribution in [3.63, 3.8) is 0 Å². The van der Waals surface area contributed by atoms with Crippen molar-refractivity contribution in [1.82, 2.24) is 9.88 Å². The number of carboxylic acids is 1. The normalized spacial score (nSPS) is 31.1. The van der Waals surface area contributed by atoms with Crippen molar-refractivity contribution >= 4 is 29.7 Å². The molecule has 6 heteroatoms. The van der Waals surface area contributed by atoms with Gasteiger partial charge in [0, 0.05) is 23.4 Å². The van der Waals surface area contributed by atoms with Gasteiger partial charge in [0.1, 0.15) is 0 Å². The molecule has 4 nitrogen and oxygen atoms in total. The molecule has 0 radical (unpaired) electrons.